The minimum absolute atomic E-state index is 0.306. The molecule has 2 heterocycles. The summed E-state index contributed by atoms with van der Waals surface area (Å²) in [6.07, 6.45) is 1.26. The molecule has 1 aliphatic heterocycles. The fourth-order valence-electron chi connectivity index (χ4n) is 2.53. The van der Waals surface area contributed by atoms with Crippen LogP contribution in [0.3, 0.4) is 0 Å². The Balaban J connectivity index is 1.74. The number of likely N-dealkylation sites (N-methyl/N-ethyl adjacent to an activating group) is 1. The minimum Gasteiger partial charge on any atom is -0.375 e. The zero-order chi connectivity index (χ0) is 13.8. The van der Waals surface area contributed by atoms with E-state index in [2.05, 4.69) is 36.5 Å². The number of hydrogen-bond acceptors (Lipinski definition) is 5. The molecule has 108 valence electrons. The van der Waals surface area contributed by atoms with Crippen molar-refractivity contribution in [2.24, 2.45) is 0 Å². The summed E-state index contributed by atoms with van der Waals surface area (Å²) in [5.74, 6) is 2.21. The summed E-state index contributed by atoms with van der Waals surface area (Å²) < 4.78 is 7.21. The third-order valence-corrected chi connectivity index (χ3v) is 5.57. The lowest BCUT2D eigenvalue weighted by Crippen LogP contribution is -2.46. The van der Waals surface area contributed by atoms with Gasteiger partial charge in [0.05, 0.1) is 27.9 Å². The van der Waals surface area contributed by atoms with Gasteiger partial charge >= 0.3 is 0 Å². The smallest absolute Gasteiger partial charge is 0.0955 e. The Morgan fingerprint density at radius 3 is 3.10 bits per heavy atom. The lowest BCUT2D eigenvalue weighted by Gasteiger charge is -2.30. The topological polar surface area (TPSA) is 34.2 Å². The monoisotopic (exact) mass is 308 g/mol. The summed E-state index contributed by atoms with van der Waals surface area (Å²) >= 11 is 3.79. The molecule has 1 aromatic heterocycles. The maximum absolute atomic E-state index is 5.93. The minimum atomic E-state index is 0.306. The van der Waals surface area contributed by atoms with E-state index in [1.807, 2.05) is 11.8 Å². The molecule has 20 heavy (non-hydrogen) atoms. The Kier molecular flexibility index (Phi) is 4.94. The molecule has 0 amide bonds. The molecular formula is C15H20N2OS2. The molecule has 1 aliphatic rings. The second-order valence-electron chi connectivity index (χ2n) is 4.93. The van der Waals surface area contributed by atoms with Crippen molar-refractivity contribution in [3.05, 3.63) is 29.3 Å². The first-order chi connectivity index (χ1) is 9.86. The number of nitrogens with zero attached hydrogens (tertiary/aromatic N) is 1. The number of thiazole rings is 1. The average Bonchev–Trinajstić information content (AvgIpc) is 2.90. The molecule has 5 heteroatoms. The molecule has 0 radical (unpaired) electrons. The number of nitrogens with one attached hydrogen (secondary N) is 1. The second kappa shape index (κ2) is 6.89. The Hall–Kier alpha value is -0.620. The largest absolute Gasteiger partial charge is 0.375 e. The predicted molar refractivity (Wildman–Crippen MR) is 87.9 cm³/mol. The van der Waals surface area contributed by atoms with Crippen LogP contribution in [0.25, 0.3) is 10.2 Å². The van der Waals surface area contributed by atoms with E-state index in [9.17, 15) is 0 Å². The highest BCUT2D eigenvalue weighted by Crippen LogP contribution is 2.24. The Morgan fingerprint density at radius 1 is 1.45 bits per heavy atom. The number of benzene rings is 1. The summed E-state index contributed by atoms with van der Waals surface area (Å²) in [5, 5.41) is 4.78. The fraction of sp³-hybridized carbons (Fsp3) is 0.533. The Labute approximate surface area is 128 Å². The molecule has 0 aliphatic carbocycles. The molecule has 2 atom stereocenters. The van der Waals surface area contributed by atoms with Crippen LogP contribution >= 0.6 is 23.1 Å². The van der Waals surface area contributed by atoms with Gasteiger partial charge in [0.2, 0.25) is 0 Å². The molecule has 2 unspecified atom stereocenters. The van der Waals surface area contributed by atoms with E-state index in [4.69, 9.17) is 9.72 Å². The summed E-state index contributed by atoms with van der Waals surface area (Å²) in [7, 11) is 0. The number of thioether (sulfide) groups is 1. The second-order valence-corrected chi connectivity index (χ2v) is 7.19. The lowest BCUT2D eigenvalue weighted by atomic mass is 10.1. The summed E-state index contributed by atoms with van der Waals surface area (Å²) in [4.78, 5) is 4.75. The Morgan fingerprint density at radius 2 is 2.35 bits per heavy atom. The van der Waals surface area contributed by atoms with Crippen LogP contribution in [0, 0.1) is 0 Å². The highest BCUT2D eigenvalue weighted by molar-refractivity contribution is 7.99. The molecule has 0 saturated carbocycles. The van der Waals surface area contributed by atoms with Gasteiger partial charge in [0.15, 0.2) is 0 Å². The van der Waals surface area contributed by atoms with Gasteiger partial charge in [-0.25, -0.2) is 4.98 Å². The van der Waals surface area contributed by atoms with Crippen LogP contribution in [-0.2, 0) is 11.2 Å². The van der Waals surface area contributed by atoms with Crippen molar-refractivity contribution in [1.82, 2.24) is 10.3 Å². The van der Waals surface area contributed by atoms with E-state index in [0.29, 0.717) is 12.1 Å². The van der Waals surface area contributed by atoms with Crippen molar-refractivity contribution in [3.63, 3.8) is 0 Å². The van der Waals surface area contributed by atoms with Crippen LogP contribution < -0.4 is 5.32 Å². The van der Waals surface area contributed by atoms with E-state index in [1.165, 1.54) is 9.71 Å². The average molecular weight is 308 g/mol. The van der Waals surface area contributed by atoms with Gasteiger partial charge in [0.25, 0.3) is 0 Å². The summed E-state index contributed by atoms with van der Waals surface area (Å²) in [5.41, 5.74) is 1.11. The predicted octanol–water partition coefficient (Wildman–Crippen LogP) is 2.95. The standard InChI is InChI=1S/C15H20N2OS2/c1-2-16-12(13-10-19-8-7-18-13)9-15-17-11-5-3-4-6-14(11)20-15/h3-6,12-13,16H,2,7-10H2,1H3. The molecular weight excluding hydrogens is 288 g/mol. The normalized spacial score (nSPS) is 21.1. The molecule has 3 rings (SSSR count). The van der Waals surface area contributed by atoms with Gasteiger partial charge in [-0.1, -0.05) is 19.1 Å². The van der Waals surface area contributed by atoms with Crippen LogP contribution in [-0.4, -0.2) is 41.8 Å². The van der Waals surface area contributed by atoms with E-state index < -0.39 is 0 Å². The van der Waals surface area contributed by atoms with Gasteiger partial charge < -0.3 is 10.1 Å². The van der Waals surface area contributed by atoms with Crippen molar-refractivity contribution < 1.29 is 4.74 Å². The summed E-state index contributed by atoms with van der Waals surface area (Å²) in [6, 6.07) is 8.73. The molecule has 1 aromatic carbocycles. The highest BCUT2D eigenvalue weighted by atomic mass is 32.2. The van der Waals surface area contributed by atoms with Crippen molar-refractivity contribution in [2.45, 2.75) is 25.5 Å². The van der Waals surface area contributed by atoms with E-state index in [0.717, 1.165) is 36.6 Å². The van der Waals surface area contributed by atoms with Gasteiger partial charge in [-0.3, -0.25) is 0 Å². The van der Waals surface area contributed by atoms with Gasteiger partial charge in [-0.2, -0.15) is 11.8 Å². The van der Waals surface area contributed by atoms with Gasteiger partial charge in [-0.15, -0.1) is 11.3 Å². The van der Waals surface area contributed by atoms with Crippen molar-refractivity contribution in [1.29, 1.82) is 0 Å². The van der Waals surface area contributed by atoms with Gasteiger partial charge in [0.1, 0.15) is 0 Å². The number of hydrogen-bond donors (Lipinski definition) is 1. The van der Waals surface area contributed by atoms with Crippen molar-refractivity contribution in [3.8, 4) is 0 Å². The number of para-hydroxylation sites is 1. The zero-order valence-electron chi connectivity index (χ0n) is 11.7. The molecule has 0 spiro atoms. The van der Waals surface area contributed by atoms with E-state index in [-0.39, 0.29) is 0 Å². The van der Waals surface area contributed by atoms with Crippen LogP contribution in [0.15, 0.2) is 24.3 Å². The van der Waals surface area contributed by atoms with Gasteiger partial charge in [0, 0.05) is 24.0 Å². The molecule has 1 saturated heterocycles. The quantitative estimate of drug-likeness (QED) is 0.921. The summed E-state index contributed by atoms with van der Waals surface area (Å²) in [6.45, 7) is 4.00. The molecule has 0 bridgehead atoms. The van der Waals surface area contributed by atoms with Crippen LogP contribution in [0.5, 0.6) is 0 Å². The number of ether oxygens (including phenoxy) is 1. The highest BCUT2D eigenvalue weighted by Gasteiger charge is 2.25. The third-order valence-electron chi connectivity index (χ3n) is 3.49. The fourth-order valence-corrected chi connectivity index (χ4v) is 4.50. The Bertz CT molecular complexity index is 519. The van der Waals surface area contributed by atoms with Crippen LogP contribution in [0.1, 0.15) is 11.9 Å². The van der Waals surface area contributed by atoms with Crippen LogP contribution in [0.4, 0.5) is 0 Å². The SMILES string of the molecule is CCNC(Cc1nc2ccccc2s1)C1CSCCO1. The first-order valence-electron chi connectivity index (χ1n) is 7.14. The lowest BCUT2D eigenvalue weighted by molar-refractivity contribution is 0.0476. The molecule has 1 fully saturated rings. The maximum atomic E-state index is 5.93. The zero-order valence-corrected chi connectivity index (χ0v) is 13.3. The van der Waals surface area contributed by atoms with Crippen molar-refractivity contribution in [2.75, 3.05) is 24.7 Å². The van der Waals surface area contributed by atoms with E-state index >= 15 is 0 Å². The first kappa shape index (κ1) is 14.3. The number of rotatable bonds is 5. The molecule has 1 N–H and O–H groups in total. The number of fused-ring (bicyclic) bond motifs is 1. The van der Waals surface area contributed by atoms with Crippen LogP contribution in [0.2, 0.25) is 0 Å². The van der Waals surface area contributed by atoms with E-state index in [1.54, 1.807) is 11.3 Å². The van der Waals surface area contributed by atoms with Gasteiger partial charge in [-0.05, 0) is 18.7 Å². The third kappa shape index (κ3) is 3.34. The van der Waals surface area contributed by atoms with Crippen molar-refractivity contribution >= 4 is 33.3 Å². The maximum Gasteiger partial charge on any atom is 0.0955 e. The first-order valence-corrected chi connectivity index (χ1v) is 9.11. The molecule has 2 aromatic rings. The molecule has 3 nitrogen and oxygen atoms in total. The number of aromatic nitrogens is 1.